The van der Waals surface area contributed by atoms with E-state index in [1.807, 2.05) is 30.3 Å². The Labute approximate surface area is 149 Å². The number of esters is 1. The van der Waals surface area contributed by atoms with Crippen molar-refractivity contribution >= 4 is 27.8 Å². The highest BCUT2D eigenvalue weighted by molar-refractivity contribution is 9.09. The van der Waals surface area contributed by atoms with Crippen LogP contribution in [-0.2, 0) is 35.1 Å². The molecular formula is C16H22BrNO6. The van der Waals surface area contributed by atoms with Gasteiger partial charge < -0.3 is 24.3 Å². The SMILES string of the molecule is COC(=O)C(COCc1ccccc1)NC(=O)C(CBr)(OC)OC. The number of halogens is 1. The second kappa shape index (κ2) is 10.4. The highest BCUT2D eigenvalue weighted by atomic mass is 79.9. The van der Waals surface area contributed by atoms with Crippen LogP contribution in [0.15, 0.2) is 30.3 Å². The van der Waals surface area contributed by atoms with Crippen molar-refractivity contribution in [2.75, 3.05) is 33.3 Å². The lowest BCUT2D eigenvalue weighted by Gasteiger charge is -2.29. The standard InChI is InChI=1S/C16H22BrNO6/c1-21-14(19)13(10-24-9-12-7-5-4-6-8-12)18-15(20)16(11-17,22-2)23-3/h4-8,13H,9-11H2,1-3H3,(H,18,20). The predicted octanol–water partition coefficient (Wildman–Crippen LogP) is 1.24. The van der Waals surface area contributed by atoms with E-state index >= 15 is 0 Å². The Hall–Kier alpha value is -1.48. The van der Waals surface area contributed by atoms with Crippen LogP contribution in [0.3, 0.4) is 0 Å². The average molecular weight is 404 g/mol. The molecule has 1 aromatic carbocycles. The average Bonchev–Trinajstić information content (AvgIpc) is 2.63. The topological polar surface area (TPSA) is 83.1 Å². The van der Waals surface area contributed by atoms with Gasteiger partial charge in [-0.1, -0.05) is 46.3 Å². The van der Waals surface area contributed by atoms with Crippen molar-refractivity contribution < 1.29 is 28.5 Å². The number of alkyl halides is 1. The van der Waals surface area contributed by atoms with Gasteiger partial charge in [-0.3, -0.25) is 4.79 Å². The van der Waals surface area contributed by atoms with Gasteiger partial charge in [-0.25, -0.2) is 4.79 Å². The van der Waals surface area contributed by atoms with Gasteiger partial charge in [-0.2, -0.15) is 0 Å². The second-order valence-electron chi connectivity index (χ2n) is 4.84. The van der Waals surface area contributed by atoms with Gasteiger partial charge >= 0.3 is 5.97 Å². The number of amides is 1. The maximum atomic E-state index is 12.4. The molecule has 24 heavy (non-hydrogen) atoms. The lowest BCUT2D eigenvalue weighted by Crippen LogP contribution is -2.56. The van der Waals surface area contributed by atoms with Gasteiger partial charge in [0.15, 0.2) is 6.04 Å². The molecule has 0 aliphatic heterocycles. The van der Waals surface area contributed by atoms with Crippen molar-refractivity contribution in [2.24, 2.45) is 0 Å². The molecule has 0 aliphatic carbocycles. The third-order valence-corrected chi connectivity index (χ3v) is 4.11. The summed E-state index contributed by atoms with van der Waals surface area (Å²) < 4.78 is 20.4. The molecule has 1 aromatic rings. The molecule has 0 saturated heterocycles. The molecule has 0 aromatic heterocycles. The van der Waals surface area contributed by atoms with Crippen molar-refractivity contribution in [2.45, 2.75) is 18.4 Å². The summed E-state index contributed by atoms with van der Waals surface area (Å²) in [4.78, 5) is 24.2. The zero-order valence-corrected chi connectivity index (χ0v) is 15.5. The van der Waals surface area contributed by atoms with Gasteiger partial charge in [0, 0.05) is 14.2 Å². The Bertz CT molecular complexity index is 512. The number of hydrogen-bond acceptors (Lipinski definition) is 6. The van der Waals surface area contributed by atoms with Gasteiger partial charge in [0.2, 0.25) is 0 Å². The van der Waals surface area contributed by atoms with Crippen molar-refractivity contribution in [3.63, 3.8) is 0 Å². The molecule has 1 atom stereocenters. The van der Waals surface area contributed by atoms with E-state index in [0.29, 0.717) is 6.61 Å². The van der Waals surface area contributed by atoms with E-state index < -0.39 is 23.7 Å². The molecular weight excluding hydrogens is 382 g/mol. The first-order chi connectivity index (χ1) is 11.5. The highest BCUT2D eigenvalue weighted by Gasteiger charge is 2.40. The van der Waals surface area contributed by atoms with Crippen LogP contribution in [0.25, 0.3) is 0 Å². The monoisotopic (exact) mass is 403 g/mol. The smallest absolute Gasteiger partial charge is 0.330 e. The lowest BCUT2D eigenvalue weighted by molar-refractivity contribution is -0.199. The fourth-order valence-corrected chi connectivity index (χ4v) is 2.60. The molecule has 1 amide bonds. The van der Waals surface area contributed by atoms with Gasteiger partial charge in [0.25, 0.3) is 11.7 Å². The first-order valence-electron chi connectivity index (χ1n) is 7.19. The molecule has 0 fully saturated rings. The minimum Gasteiger partial charge on any atom is -0.467 e. The Morgan fingerprint density at radius 3 is 2.29 bits per heavy atom. The number of benzene rings is 1. The molecule has 0 radical (unpaired) electrons. The third kappa shape index (κ3) is 5.55. The summed E-state index contributed by atoms with van der Waals surface area (Å²) in [6, 6.07) is 8.50. The number of carbonyl (C=O) groups is 2. The molecule has 0 aliphatic rings. The van der Waals surface area contributed by atoms with Gasteiger partial charge in [-0.15, -0.1) is 0 Å². The van der Waals surface area contributed by atoms with Crippen LogP contribution >= 0.6 is 15.9 Å². The molecule has 0 saturated carbocycles. The van der Waals surface area contributed by atoms with Gasteiger partial charge in [0.05, 0.1) is 25.7 Å². The van der Waals surface area contributed by atoms with Gasteiger partial charge in [0.1, 0.15) is 0 Å². The van der Waals surface area contributed by atoms with Crippen LogP contribution in [0.2, 0.25) is 0 Å². The highest BCUT2D eigenvalue weighted by Crippen LogP contribution is 2.15. The Balaban J connectivity index is 2.68. The first-order valence-corrected chi connectivity index (χ1v) is 8.31. The van der Waals surface area contributed by atoms with Crippen LogP contribution in [0.5, 0.6) is 0 Å². The molecule has 0 bridgehead atoms. The quantitative estimate of drug-likeness (QED) is 0.359. The number of ether oxygens (including phenoxy) is 4. The summed E-state index contributed by atoms with van der Waals surface area (Å²) in [6.45, 7) is 0.265. The fourth-order valence-electron chi connectivity index (χ4n) is 1.89. The number of hydrogen-bond donors (Lipinski definition) is 1. The van der Waals surface area contributed by atoms with Crippen LogP contribution in [0, 0.1) is 0 Å². The number of nitrogens with one attached hydrogen (secondary N) is 1. The van der Waals surface area contributed by atoms with Gasteiger partial charge in [-0.05, 0) is 5.56 Å². The van der Waals surface area contributed by atoms with E-state index in [1.165, 1.54) is 21.3 Å². The largest absolute Gasteiger partial charge is 0.467 e. The summed E-state index contributed by atoms with van der Waals surface area (Å²) >= 11 is 3.16. The Morgan fingerprint density at radius 1 is 1.17 bits per heavy atom. The predicted molar refractivity (Wildman–Crippen MR) is 90.6 cm³/mol. The lowest BCUT2D eigenvalue weighted by atomic mass is 10.2. The molecule has 8 heteroatoms. The zero-order chi connectivity index (χ0) is 18.0. The summed E-state index contributed by atoms with van der Waals surface area (Å²) in [5.74, 6) is -2.76. The van der Waals surface area contributed by atoms with Crippen LogP contribution in [0.1, 0.15) is 5.56 Å². The van der Waals surface area contributed by atoms with E-state index in [1.54, 1.807) is 0 Å². The normalized spacial score (nSPS) is 12.5. The fraction of sp³-hybridized carbons (Fsp3) is 0.500. The third-order valence-electron chi connectivity index (χ3n) is 3.37. The molecule has 1 rings (SSSR count). The number of rotatable bonds is 10. The molecule has 134 valence electrons. The maximum absolute atomic E-state index is 12.4. The van der Waals surface area contributed by atoms with Crippen LogP contribution in [-0.4, -0.2) is 57.0 Å². The first kappa shape index (κ1) is 20.6. The van der Waals surface area contributed by atoms with Crippen molar-refractivity contribution in [1.29, 1.82) is 0 Å². The number of carbonyl (C=O) groups excluding carboxylic acids is 2. The van der Waals surface area contributed by atoms with Crippen molar-refractivity contribution in [3.05, 3.63) is 35.9 Å². The van der Waals surface area contributed by atoms with Crippen LogP contribution < -0.4 is 5.32 Å². The second-order valence-corrected chi connectivity index (χ2v) is 5.41. The molecule has 0 spiro atoms. The van der Waals surface area contributed by atoms with Crippen molar-refractivity contribution in [1.82, 2.24) is 5.32 Å². The molecule has 1 N–H and O–H groups in total. The van der Waals surface area contributed by atoms with E-state index in [9.17, 15) is 9.59 Å². The summed E-state index contributed by atoms with van der Waals surface area (Å²) in [7, 11) is 3.91. The summed E-state index contributed by atoms with van der Waals surface area (Å²) in [5.41, 5.74) is 0.955. The minimum absolute atomic E-state index is 0.0426. The van der Waals surface area contributed by atoms with Crippen molar-refractivity contribution in [3.8, 4) is 0 Å². The zero-order valence-electron chi connectivity index (χ0n) is 13.9. The summed E-state index contributed by atoms with van der Waals surface area (Å²) in [6.07, 6.45) is 0. The Morgan fingerprint density at radius 2 is 1.79 bits per heavy atom. The molecule has 7 nitrogen and oxygen atoms in total. The van der Waals surface area contributed by atoms with E-state index in [-0.39, 0.29) is 11.9 Å². The van der Waals surface area contributed by atoms with E-state index in [4.69, 9.17) is 18.9 Å². The van der Waals surface area contributed by atoms with Crippen LogP contribution in [0.4, 0.5) is 0 Å². The molecule has 1 unspecified atom stereocenters. The molecule has 0 heterocycles. The Kier molecular flexibility index (Phi) is 8.91. The maximum Gasteiger partial charge on any atom is 0.330 e. The minimum atomic E-state index is -1.54. The van der Waals surface area contributed by atoms with E-state index in [2.05, 4.69) is 21.2 Å². The van der Waals surface area contributed by atoms with E-state index in [0.717, 1.165) is 5.56 Å². The summed E-state index contributed by atoms with van der Waals surface area (Å²) in [5, 5.41) is 2.62. The number of methoxy groups -OCH3 is 3.